The van der Waals surface area contributed by atoms with Crippen LogP contribution in [-0.4, -0.2) is 0 Å². The quantitative estimate of drug-likeness (QED) is 0.635. The van der Waals surface area contributed by atoms with Gasteiger partial charge in [-0.2, -0.15) is 0 Å². The van der Waals surface area contributed by atoms with Crippen LogP contribution in [0.5, 0.6) is 5.75 Å². The van der Waals surface area contributed by atoms with E-state index in [2.05, 4.69) is 24.0 Å². The van der Waals surface area contributed by atoms with Gasteiger partial charge in [-0.15, -0.1) is 0 Å². The van der Waals surface area contributed by atoms with E-state index < -0.39 is 0 Å². The Kier molecular flexibility index (Phi) is 4.75. The van der Waals surface area contributed by atoms with Crippen LogP contribution in [0.3, 0.4) is 0 Å². The minimum atomic E-state index is 0.568. The Hall–Kier alpha value is -3.00. The molecule has 0 bridgehead atoms. The van der Waals surface area contributed by atoms with Gasteiger partial charge >= 0.3 is 0 Å². The van der Waals surface area contributed by atoms with Crippen LogP contribution in [0.15, 0.2) is 85.4 Å². The molecule has 1 N–H and O–H groups in total. The number of hydrogen-bond donors (Lipinski definition) is 1. The number of benzene rings is 3. The minimum Gasteiger partial charge on any atom is -0.489 e. The molecule has 0 fully saturated rings. The molecule has 3 aromatic carbocycles. The molecule has 0 spiro atoms. The fraction of sp³-hybridized carbons (Fsp3) is 0.0476. The van der Waals surface area contributed by atoms with Crippen molar-refractivity contribution in [1.29, 1.82) is 0 Å². The average Bonchev–Trinajstić information content (AvgIpc) is 2.62. The van der Waals surface area contributed by atoms with Gasteiger partial charge in [-0.25, -0.2) is 0 Å². The van der Waals surface area contributed by atoms with Gasteiger partial charge in [0.25, 0.3) is 0 Å². The topological polar surface area (TPSA) is 21.3 Å². The Morgan fingerprint density at radius 3 is 2.35 bits per heavy atom. The summed E-state index contributed by atoms with van der Waals surface area (Å²) in [4.78, 5) is 0. The molecule has 2 nitrogen and oxygen atoms in total. The number of nitrogens with one attached hydrogen (secondary N) is 1. The molecule has 114 valence electrons. The summed E-state index contributed by atoms with van der Waals surface area (Å²) in [6.07, 6.45) is 1.84. The molecule has 0 heterocycles. The summed E-state index contributed by atoms with van der Waals surface area (Å²) in [7, 11) is 0. The third-order valence-electron chi connectivity index (χ3n) is 3.52. The summed E-state index contributed by atoms with van der Waals surface area (Å²) in [6, 6.07) is 26.3. The first-order chi connectivity index (χ1) is 11.3. The van der Waals surface area contributed by atoms with Crippen molar-refractivity contribution in [2.24, 2.45) is 0 Å². The summed E-state index contributed by atoms with van der Waals surface area (Å²) in [6.45, 7) is 4.33. The van der Waals surface area contributed by atoms with Gasteiger partial charge in [-0.1, -0.05) is 61.2 Å². The fourth-order valence-electron chi connectivity index (χ4n) is 2.27. The minimum absolute atomic E-state index is 0.568. The van der Waals surface area contributed by atoms with Crippen LogP contribution in [-0.2, 0) is 6.61 Å². The molecule has 2 heteroatoms. The Morgan fingerprint density at radius 1 is 0.826 bits per heavy atom. The van der Waals surface area contributed by atoms with E-state index in [-0.39, 0.29) is 0 Å². The van der Waals surface area contributed by atoms with Gasteiger partial charge in [0, 0.05) is 17.4 Å². The molecule has 0 atom stereocenters. The lowest BCUT2D eigenvalue weighted by molar-refractivity contribution is 0.306. The Bertz CT molecular complexity index is 763. The van der Waals surface area contributed by atoms with Gasteiger partial charge in [0.15, 0.2) is 0 Å². The lowest BCUT2D eigenvalue weighted by Gasteiger charge is -2.10. The summed E-state index contributed by atoms with van der Waals surface area (Å²) in [5.41, 5.74) is 4.30. The molecule has 3 rings (SSSR count). The summed E-state index contributed by atoms with van der Waals surface area (Å²) >= 11 is 0. The third-order valence-corrected chi connectivity index (χ3v) is 3.52. The van der Waals surface area contributed by atoms with Crippen molar-refractivity contribution < 1.29 is 4.74 Å². The molecule has 0 aliphatic rings. The van der Waals surface area contributed by atoms with Crippen LogP contribution in [0, 0.1) is 0 Å². The second kappa shape index (κ2) is 7.32. The number of ether oxygens (including phenoxy) is 1. The van der Waals surface area contributed by atoms with Crippen molar-refractivity contribution in [1.82, 2.24) is 0 Å². The molecule has 23 heavy (non-hydrogen) atoms. The highest BCUT2D eigenvalue weighted by atomic mass is 16.5. The maximum Gasteiger partial charge on any atom is 0.121 e. The van der Waals surface area contributed by atoms with Gasteiger partial charge in [0.2, 0.25) is 0 Å². The van der Waals surface area contributed by atoms with E-state index in [1.165, 1.54) is 0 Å². The number of anilines is 2. The lowest BCUT2D eigenvalue weighted by atomic mass is 10.2. The number of hydrogen-bond acceptors (Lipinski definition) is 2. The molecule has 0 aromatic heterocycles. The second-order valence-corrected chi connectivity index (χ2v) is 5.25. The molecule has 0 amide bonds. The van der Waals surface area contributed by atoms with E-state index in [0.29, 0.717) is 6.61 Å². The van der Waals surface area contributed by atoms with Gasteiger partial charge in [0.05, 0.1) is 0 Å². The average molecular weight is 301 g/mol. The van der Waals surface area contributed by atoms with Crippen LogP contribution in [0.1, 0.15) is 11.1 Å². The first kappa shape index (κ1) is 14.9. The Morgan fingerprint density at radius 2 is 1.61 bits per heavy atom. The zero-order chi connectivity index (χ0) is 15.9. The number of rotatable bonds is 6. The SMILES string of the molecule is C=Cc1ccc(Nc2cccc(OCc3ccccc3)c2)cc1. The molecule has 0 aliphatic carbocycles. The van der Waals surface area contributed by atoms with Crippen LogP contribution >= 0.6 is 0 Å². The van der Waals surface area contributed by atoms with E-state index in [0.717, 1.165) is 28.3 Å². The van der Waals surface area contributed by atoms with Crippen molar-refractivity contribution in [3.05, 3.63) is 96.6 Å². The van der Waals surface area contributed by atoms with E-state index in [4.69, 9.17) is 4.74 Å². The third kappa shape index (κ3) is 4.24. The molecule has 0 saturated carbocycles. The van der Waals surface area contributed by atoms with E-state index in [9.17, 15) is 0 Å². The maximum atomic E-state index is 5.85. The predicted molar refractivity (Wildman–Crippen MR) is 97.0 cm³/mol. The highest BCUT2D eigenvalue weighted by molar-refractivity contribution is 5.63. The van der Waals surface area contributed by atoms with Gasteiger partial charge < -0.3 is 10.1 Å². The van der Waals surface area contributed by atoms with Gasteiger partial charge in [0.1, 0.15) is 12.4 Å². The Labute approximate surface area is 137 Å². The lowest BCUT2D eigenvalue weighted by Crippen LogP contribution is -1.96. The Balaban J connectivity index is 1.65. The van der Waals surface area contributed by atoms with Crippen LogP contribution in [0.25, 0.3) is 6.08 Å². The van der Waals surface area contributed by atoms with E-state index >= 15 is 0 Å². The zero-order valence-corrected chi connectivity index (χ0v) is 12.9. The van der Waals surface area contributed by atoms with Crippen molar-refractivity contribution in [2.45, 2.75) is 6.61 Å². The van der Waals surface area contributed by atoms with Crippen molar-refractivity contribution >= 4 is 17.5 Å². The highest BCUT2D eigenvalue weighted by Gasteiger charge is 1.99. The van der Waals surface area contributed by atoms with Crippen molar-refractivity contribution in [3.8, 4) is 5.75 Å². The smallest absolute Gasteiger partial charge is 0.121 e. The monoisotopic (exact) mass is 301 g/mol. The molecule has 0 saturated heterocycles. The van der Waals surface area contributed by atoms with Crippen LogP contribution < -0.4 is 10.1 Å². The maximum absolute atomic E-state index is 5.85. The normalized spacial score (nSPS) is 10.1. The summed E-state index contributed by atoms with van der Waals surface area (Å²) < 4.78 is 5.85. The first-order valence-electron chi connectivity index (χ1n) is 7.60. The van der Waals surface area contributed by atoms with Gasteiger partial charge in [-0.05, 0) is 35.4 Å². The first-order valence-corrected chi connectivity index (χ1v) is 7.60. The van der Waals surface area contributed by atoms with E-state index in [1.54, 1.807) is 0 Å². The summed E-state index contributed by atoms with van der Waals surface area (Å²) in [5, 5.41) is 3.38. The molecule has 0 aliphatic heterocycles. The van der Waals surface area contributed by atoms with Gasteiger partial charge in [-0.3, -0.25) is 0 Å². The van der Waals surface area contributed by atoms with Crippen molar-refractivity contribution in [3.63, 3.8) is 0 Å². The predicted octanol–water partition coefficient (Wildman–Crippen LogP) is 5.65. The molecule has 0 unspecified atom stereocenters. The summed E-state index contributed by atoms with van der Waals surface area (Å²) in [5.74, 6) is 0.849. The molecule has 0 radical (unpaired) electrons. The van der Waals surface area contributed by atoms with Crippen LogP contribution in [0.2, 0.25) is 0 Å². The highest BCUT2D eigenvalue weighted by Crippen LogP contribution is 2.22. The van der Waals surface area contributed by atoms with E-state index in [1.807, 2.05) is 72.8 Å². The fourth-order valence-corrected chi connectivity index (χ4v) is 2.27. The standard InChI is InChI=1S/C21H19NO/c1-2-17-11-13-19(14-12-17)22-20-9-6-10-21(15-20)23-16-18-7-4-3-5-8-18/h2-15,22H,1,16H2. The van der Waals surface area contributed by atoms with Crippen LogP contribution in [0.4, 0.5) is 11.4 Å². The van der Waals surface area contributed by atoms with Crippen molar-refractivity contribution in [2.75, 3.05) is 5.32 Å². The molecular formula is C21H19NO. The zero-order valence-electron chi connectivity index (χ0n) is 12.9. The molecule has 3 aromatic rings. The largest absolute Gasteiger partial charge is 0.489 e. The molecular weight excluding hydrogens is 282 g/mol. The second-order valence-electron chi connectivity index (χ2n) is 5.25.